The normalized spacial score (nSPS) is 15.8. The lowest BCUT2D eigenvalue weighted by molar-refractivity contribution is -0.384. The summed E-state index contributed by atoms with van der Waals surface area (Å²) >= 11 is 0. The molecule has 0 N–H and O–H groups in total. The zero-order valence-electron chi connectivity index (χ0n) is 13.3. The second-order valence-corrected chi connectivity index (χ2v) is 6.19. The highest BCUT2D eigenvalue weighted by molar-refractivity contribution is 5.69. The number of carbonyl (C=O) groups excluding carboxylic acids is 1. The minimum absolute atomic E-state index is 0.0202. The van der Waals surface area contributed by atoms with Gasteiger partial charge in [0.05, 0.1) is 4.92 Å². The summed E-state index contributed by atoms with van der Waals surface area (Å²) in [6.45, 7) is 7.37. The van der Waals surface area contributed by atoms with Gasteiger partial charge in [0.15, 0.2) is 0 Å². The van der Waals surface area contributed by atoms with Gasteiger partial charge in [0.1, 0.15) is 11.8 Å². The molecule has 0 bridgehead atoms. The van der Waals surface area contributed by atoms with Gasteiger partial charge in [-0.2, -0.15) is 5.10 Å². The summed E-state index contributed by atoms with van der Waals surface area (Å²) in [5.74, 6) is 0.467. The molecule has 2 heterocycles. The molecule has 122 valence electrons. The summed E-state index contributed by atoms with van der Waals surface area (Å²) < 4.78 is 6.82. The number of ether oxygens (including phenoxy) is 1. The van der Waals surface area contributed by atoms with Gasteiger partial charge in [-0.05, 0) is 20.8 Å². The lowest BCUT2D eigenvalue weighted by atomic mass is 10.2. The van der Waals surface area contributed by atoms with E-state index in [-0.39, 0.29) is 11.8 Å². The van der Waals surface area contributed by atoms with Crippen molar-refractivity contribution < 1.29 is 14.5 Å². The molecule has 1 saturated heterocycles. The van der Waals surface area contributed by atoms with Crippen molar-refractivity contribution in [1.29, 1.82) is 0 Å². The van der Waals surface area contributed by atoms with E-state index < -0.39 is 10.5 Å². The molecule has 1 fully saturated rings. The van der Waals surface area contributed by atoms with Crippen LogP contribution in [0.2, 0.25) is 0 Å². The molecule has 1 aliphatic rings. The van der Waals surface area contributed by atoms with E-state index in [0.29, 0.717) is 32.0 Å². The third kappa shape index (κ3) is 3.46. The van der Waals surface area contributed by atoms with Crippen molar-refractivity contribution in [2.24, 2.45) is 7.05 Å². The van der Waals surface area contributed by atoms with Crippen LogP contribution in [0.25, 0.3) is 0 Å². The number of carbonyl (C=O) groups is 1. The predicted octanol–water partition coefficient (Wildman–Crippen LogP) is 1.39. The maximum absolute atomic E-state index is 12.0. The molecular weight excluding hydrogens is 290 g/mol. The Morgan fingerprint density at radius 2 is 1.91 bits per heavy atom. The van der Waals surface area contributed by atoms with Crippen LogP contribution >= 0.6 is 0 Å². The van der Waals surface area contributed by atoms with Crippen LogP contribution < -0.4 is 4.90 Å². The zero-order chi connectivity index (χ0) is 16.5. The van der Waals surface area contributed by atoms with Crippen molar-refractivity contribution in [3.8, 4) is 0 Å². The largest absolute Gasteiger partial charge is 0.444 e. The van der Waals surface area contributed by atoms with Gasteiger partial charge in [0.2, 0.25) is 5.82 Å². The molecule has 0 spiro atoms. The van der Waals surface area contributed by atoms with Crippen LogP contribution in [0, 0.1) is 10.1 Å². The Bertz CT molecular complexity index is 569. The number of aryl methyl sites for hydroxylation is 1. The Morgan fingerprint density at radius 3 is 2.41 bits per heavy atom. The number of anilines is 1. The summed E-state index contributed by atoms with van der Waals surface area (Å²) in [7, 11) is 1.67. The standard InChI is InChI=1S/C13H21N5O4/c1-13(2,3)22-12(19)17-7-5-16(6-8-17)11-10(18(20)21)9-14-15(11)4/h9H,5-8H2,1-4H3. The zero-order valence-corrected chi connectivity index (χ0v) is 13.3. The third-order valence-electron chi connectivity index (χ3n) is 3.32. The molecule has 0 radical (unpaired) electrons. The molecule has 1 amide bonds. The summed E-state index contributed by atoms with van der Waals surface area (Å²) in [5, 5.41) is 15.0. The lowest BCUT2D eigenvalue weighted by Gasteiger charge is -2.36. The molecule has 0 aliphatic carbocycles. The number of hydrogen-bond acceptors (Lipinski definition) is 6. The van der Waals surface area contributed by atoms with Gasteiger partial charge in [-0.3, -0.25) is 10.1 Å². The maximum atomic E-state index is 12.0. The summed E-state index contributed by atoms with van der Waals surface area (Å²) in [5.41, 5.74) is -0.553. The van der Waals surface area contributed by atoms with Crippen LogP contribution in [-0.4, -0.2) is 57.5 Å². The van der Waals surface area contributed by atoms with E-state index in [1.165, 1.54) is 10.9 Å². The number of piperazine rings is 1. The Hall–Kier alpha value is -2.32. The molecule has 1 aromatic rings. The molecule has 9 heteroatoms. The fraction of sp³-hybridized carbons (Fsp3) is 0.692. The monoisotopic (exact) mass is 311 g/mol. The van der Waals surface area contributed by atoms with E-state index in [1.54, 1.807) is 11.9 Å². The van der Waals surface area contributed by atoms with Gasteiger partial charge in [0.25, 0.3) is 0 Å². The number of nitro groups is 1. The van der Waals surface area contributed by atoms with E-state index in [4.69, 9.17) is 4.74 Å². The quantitative estimate of drug-likeness (QED) is 0.605. The van der Waals surface area contributed by atoms with Crippen LogP contribution in [0.4, 0.5) is 16.3 Å². The number of aromatic nitrogens is 2. The molecule has 0 saturated carbocycles. The molecule has 9 nitrogen and oxygen atoms in total. The van der Waals surface area contributed by atoms with Crippen LogP contribution in [0.15, 0.2) is 6.20 Å². The van der Waals surface area contributed by atoms with E-state index in [0.717, 1.165) is 0 Å². The molecule has 22 heavy (non-hydrogen) atoms. The van der Waals surface area contributed by atoms with Crippen molar-refractivity contribution in [3.63, 3.8) is 0 Å². The molecule has 1 aliphatic heterocycles. The smallest absolute Gasteiger partial charge is 0.410 e. The van der Waals surface area contributed by atoms with Crippen molar-refractivity contribution in [2.45, 2.75) is 26.4 Å². The Morgan fingerprint density at radius 1 is 1.32 bits per heavy atom. The van der Waals surface area contributed by atoms with Crippen molar-refractivity contribution in [2.75, 3.05) is 31.1 Å². The van der Waals surface area contributed by atoms with E-state index >= 15 is 0 Å². The van der Waals surface area contributed by atoms with Gasteiger partial charge >= 0.3 is 11.8 Å². The second kappa shape index (κ2) is 5.82. The summed E-state index contributed by atoms with van der Waals surface area (Å²) in [6.07, 6.45) is 0.891. The number of rotatable bonds is 2. The van der Waals surface area contributed by atoms with Crippen LogP contribution in [0.5, 0.6) is 0 Å². The van der Waals surface area contributed by atoms with Gasteiger partial charge in [-0.25, -0.2) is 9.48 Å². The Kier molecular flexibility index (Phi) is 4.25. The van der Waals surface area contributed by atoms with Gasteiger partial charge < -0.3 is 14.5 Å². The number of amides is 1. The fourth-order valence-corrected chi connectivity index (χ4v) is 2.34. The average Bonchev–Trinajstić information content (AvgIpc) is 2.79. The minimum Gasteiger partial charge on any atom is -0.444 e. The first-order valence-corrected chi connectivity index (χ1v) is 7.08. The molecule has 0 atom stereocenters. The van der Waals surface area contributed by atoms with E-state index in [1.807, 2.05) is 25.7 Å². The first-order chi connectivity index (χ1) is 10.2. The van der Waals surface area contributed by atoms with Crippen LogP contribution in [0.3, 0.4) is 0 Å². The maximum Gasteiger partial charge on any atom is 0.410 e. The van der Waals surface area contributed by atoms with E-state index in [2.05, 4.69) is 5.10 Å². The fourth-order valence-electron chi connectivity index (χ4n) is 2.34. The van der Waals surface area contributed by atoms with Gasteiger partial charge in [0, 0.05) is 33.2 Å². The highest BCUT2D eigenvalue weighted by atomic mass is 16.6. The van der Waals surface area contributed by atoms with Crippen molar-refractivity contribution >= 4 is 17.6 Å². The molecule has 1 aromatic heterocycles. The molecule has 0 aromatic carbocycles. The topological polar surface area (TPSA) is 93.7 Å². The van der Waals surface area contributed by atoms with Gasteiger partial charge in [-0.15, -0.1) is 0 Å². The van der Waals surface area contributed by atoms with Crippen LogP contribution in [-0.2, 0) is 11.8 Å². The van der Waals surface area contributed by atoms with Crippen molar-refractivity contribution in [3.05, 3.63) is 16.3 Å². The molecule has 0 unspecified atom stereocenters. The van der Waals surface area contributed by atoms with Crippen LogP contribution in [0.1, 0.15) is 20.8 Å². The molecular formula is C13H21N5O4. The Labute approximate surface area is 128 Å². The highest BCUT2D eigenvalue weighted by Crippen LogP contribution is 2.28. The number of hydrogen-bond donors (Lipinski definition) is 0. The summed E-state index contributed by atoms with van der Waals surface area (Å²) in [6, 6.07) is 0. The summed E-state index contributed by atoms with van der Waals surface area (Å²) in [4.78, 5) is 26.1. The first kappa shape index (κ1) is 16.1. The first-order valence-electron chi connectivity index (χ1n) is 7.08. The van der Waals surface area contributed by atoms with Gasteiger partial charge in [-0.1, -0.05) is 0 Å². The Balaban J connectivity index is 2.02. The minimum atomic E-state index is -0.533. The van der Waals surface area contributed by atoms with Crippen molar-refractivity contribution in [1.82, 2.24) is 14.7 Å². The third-order valence-corrected chi connectivity index (χ3v) is 3.32. The number of nitrogens with zero attached hydrogens (tertiary/aromatic N) is 5. The van der Waals surface area contributed by atoms with E-state index in [9.17, 15) is 14.9 Å². The SMILES string of the molecule is Cn1ncc([N+](=O)[O-])c1N1CCN(C(=O)OC(C)(C)C)CC1. The lowest BCUT2D eigenvalue weighted by Crippen LogP contribution is -2.50. The highest BCUT2D eigenvalue weighted by Gasteiger charge is 2.30. The average molecular weight is 311 g/mol. The molecule has 2 rings (SSSR count). The second-order valence-electron chi connectivity index (χ2n) is 6.19. The predicted molar refractivity (Wildman–Crippen MR) is 79.9 cm³/mol.